The molecule has 6 aromatic rings. The molecule has 0 aliphatic heterocycles. The number of hydrogen-bond donors (Lipinski definition) is 0. The smallest absolute Gasteiger partial charge is 0.164 e. The van der Waals surface area contributed by atoms with Crippen LogP contribution in [0.2, 0.25) is 0 Å². The molecule has 0 atom stereocenters. The minimum atomic E-state index is 0.607. The van der Waals surface area contributed by atoms with Gasteiger partial charge in [-0.25, -0.2) is 24.9 Å². The minimum absolute atomic E-state index is 0.607. The lowest BCUT2D eigenvalue weighted by Crippen LogP contribution is -2.02. The van der Waals surface area contributed by atoms with E-state index in [1.54, 1.807) is 0 Å². The van der Waals surface area contributed by atoms with Crippen LogP contribution in [0.25, 0.3) is 62.8 Å². The molecule has 0 N–H and O–H groups in total. The van der Waals surface area contributed by atoms with Gasteiger partial charge in [-0.2, -0.15) is 0 Å². The Morgan fingerprint density at radius 2 is 0.977 bits per heavy atom. The highest BCUT2D eigenvalue weighted by atomic mass is 15.0. The van der Waals surface area contributed by atoms with Gasteiger partial charge in [0.2, 0.25) is 0 Å². The molecule has 0 bridgehead atoms. The number of fused-ring (bicyclic) bond motifs is 1. The third kappa shape index (κ3) is 6.09. The molecule has 4 aromatic carbocycles. The van der Waals surface area contributed by atoms with Crippen LogP contribution < -0.4 is 0 Å². The summed E-state index contributed by atoms with van der Waals surface area (Å²) in [7, 11) is 0. The van der Waals surface area contributed by atoms with Crippen LogP contribution in [-0.4, -0.2) is 24.9 Å². The molecule has 0 unspecified atom stereocenters. The van der Waals surface area contributed by atoms with Gasteiger partial charge in [0.25, 0.3) is 0 Å². The first-order valence-corrected chi connectivity index (χ1v) is 15.2. The van der Waals surface area contributed by atoms with Crippen molar-refractivity contribution in [3.05, 3.63) is 132 Å². The van der Waals surface area contributed by atoms with Crippen LogP contribution in [0.5, 0.6) is 0 Å². The molecular formula is C39H35N5. The van der Waals surface area contributed by atoms with Gasteiger partial charge in [0.05, 0.1) is 0 Å². The van der Waals surface area contributed by atoms with Gasteiger partial charge in [-0.3, -0.25) is 0 Å². The summed E-state index contributed by atoms with van der Waals surface area (Å²) in [4.78, 5) is 24.5. The molecule has 0 saturated carbocycles. The Morgan fingerprint density at radius 3 is 1.55 bits per heavy atom. The molecule has 5 nitrogen and oxygen atoms in total. The van der Waals surface area contributed by atoms with E-state index in [4.69, 9.17) is 24.9 Å². The summed E-state index contributed by atoms with van der Waals surface area (Å²) < 4.78 is 0. The lowest BCUT2D eigenvalue weighted by atomic mass is 9.88. The van der Waals surface area contributed by atoms with Gasteiger partial charge in [0, 0.05) is 33.6 Å². The third-order valence-corrected chi connectivity index (χ3v) is 7.50. The summed E-state index contributed by atoms with van der Waals surface area (Å²) in [5.74, 6) is 2.57. The third-order valence-electron chi connectivity index (χ3n) is 7.50. The van der Waals surface area contributed by atoms with Crippen LogP contribution in [0.4, 0.5) is 0 Å². The van der Waals surface area contributed by atoms with Crippen LogP contribution >= 0.6 is 0 Å². The summed E-state index contributed by atoms with van der Waals surface area (Å²) in [6, 6.07) is 35.2. The van der Waals surface area contributed by atoms with Crippen LogP contribution in [0.3, 0.4) is 0 Å². The molecule has 0 spiro atoms. The van der Waals surface area contributed by atoms with E-state index < -0.39 is 0 Å². The first-order chi connectivity index (χ1) is 21.6. The maximum Gasteiger partial charge on any atom is 0.164 e. The molecule has 2 aromatic heterocycles. The molecule has 5 heteroatoms. The maximum absolute atomic E-state index is 5.01. The standard InChI is InChI=1S/C37H29N5.C2H6/c1-24-20-25(2)39-36(38-24)30-21-29(33-19-11-17-26-12-9-10-18-32(26)33)22-31(23-30)37-41-34(27-13-5-3-6-14-27)40-35(42-37)28-15-7-4-8-16-28;1-2/h3-8,10-11,13-23H,9,12H2,1-2H3;1-2H3. The van der Waals surface area contributed by atoms with Crippen molar-refractivity contribution in [1.29, 1.82) is 0 Å². The van der Waals surface area contributed by atoms with Crippen molar-refractivity contribution in [2.24, 2.45) is 0 Å². The molecular weight excluding hydrogens is 538 g/mol. The second-order valence-corrected chi connectivity index (χ2v) is 10.6. The zero-order chi connectivity index (χ0) is 30.5. The number of benzene rings is 4. The molecule has 0 radical (unpaired) electrons. The fourth-order valence-electron chi connectivity index (χ4n) is 5.55. The number of hydrogen-bond acceptors (Lipinski definition) is 5. The molecule has 0 amide bonds. The quantitative estimate of drug-likeness (QED) is 0.205. The lowest BCUT2D eigenvalue weighted by Gasteiger charge is -2.17. The van der Waals surface area contributed by atoms with Gasteiger partial charge in [0.1, 0.15) is 0 Å². The summed E-state index contributed by atoms with van der Waals surface area (Å²) in [6.45, 7) is 8.01. The number of allylic oxidation sites excluding steroid dienone is 1. The number of nitrogens with zero attached hydrogens (tertiary/aromatic N) is 5. The normalized spacial score (nSPS) is 11.8. The molecule has 0 saturated heterocycles. The molecule has 2 heterocycles. The lowest BCUT2D eigenvalue weighted by molar-refractivity contribution is 0.986. The second-order valence-electron chi connectivity index (χ2n) is 10.6. The molecule has 44 heavy (non-hydrogen) atoms. The van der Waals surface area contributed by atoms with Gasteiger partial charge in [0.15, 0.2) is 23.3 Å². The molecule has 1 aliphatic carbocycles. The van der Waals surface area contributed by atoms with Gasteiger partial charge in [-0.15, -0.1) is 0 Å². The van der Waals surface area contributed by atoms with Crippen molar-refractivity contribution in [1.82, 2.24) is 24.9 Å². The van der Waals surface area contributed by atoms with Crippen LogP contribution in [0, 0.1) is 13.8 Å². The topological polar surface area (TPSA) is 64.5 Å². The van der Waals surface area contributed by atoms with Crippen LogP contribution in [0.1, 0.15) is 42.8 Å². The van der Waals surface area contributed by atoms with Crippen molar-refractivity contribution in [2.45, 2.75) is 40.5 Å². The van der Waals surface area contributed by atoms with Crippen LogP contribution in [-0.2, 0) is 6.42 Å². The number of rotatable bonds is 5. The Morgan fingerprint density at radius 1 is 0.477 bits per heavy atom. The summed E-state index contributed by atoms with van der Waals surface area (Å²) in [5.41, 5.74) is 10.4. The van der Waals surface area contributed by atoms with E-state index in [-0.39, 0.29) is 0 Å². The van der Waals surface area contributed by atoms with Crippen molar-refractivity contribution in [3.8, 4) is 56.7 Å². The molecule has 0 fully saturated rings. The summed E-state index contributed by atoms with van der Waals surface area (Å²) in [5, 5.41) is 0. The maximum atomic E-state index is 5.01. The number of aromatic nitrogens is 5. The highest BCUT2D eigenvalue weighted by Gasteiger charge is 2.17. The zero-order valence-corrected chi connectivity index (χ0v) is 25.6. The van der Waals surface area contributed by atoms with E-state index in [0.717, 1.165) is 52.0 Å². The molecule has 216 valence electrons. The van der Waals surface area contributed by atoms with Crippen molar-refractivity contribution in [3.63, 3.8) is 0 Å². The van der Waals surface area contributed by atoms with Gasteiger partial charge in [-0.05, 0) is 73.2 Å². The van der Waals surface area contributed by atoms with Crippen molar-refractivity contribution in [2.75, 3.05) is 0 Å². The average molecular weight is 574 g/mol. The van der Waals surface area contributed by atoms with E-state index in [1.165, 1.54) is 16.7 Å². The second kappa shape index (κ2) is 12.9. The summed E-state index contributed by atoms with van der Waals surface area (Å²) in [6.07, 6.45) is 6.61. The largest absolute Gasteiger partial charge is 0.233 e. The van der Waals surface area contributed by atoms with Crippen molar-refractivity contribution >= 4 is 6.08 Å². The Balaban J connectivity index is 0.00000168. The molecule has 1 aliphatic rings. The van der Waals surface area contributed by atoms with Gasteiger partial charge < -0.3 is 0 Å². The Labute approximate surface area is 259 Å². The first-order valence-electron chi connectivity index (χ1n) is 15.2. The summed E-state index contributed by atoms with van der Waals surface area (Å²) >= 11 is 0. The average Bonchev–Trinajstić information content (AvgIpc) is 3.09. The van der Waals surface area contributed by atoms with Gasteiger partial charge in [-0.1, -0.05) is 105 Å². The predicted molar refractivity (Wildman–Crippen MR) is 181 cm³/mol. The monoisotopic (exact) mass is 573 g/mol. The number of aryl methyl sites for hydroxylation is 3. The fourth-order valence-corrected chi connectivity index (χ4v) is 5.55. The minimum Gasteiger partial charge on any atom is -0.233 e. The Hall–Kier alpha value is -5.29. The molecule has 7 rings (SSSR count). The first kappa shape index (κ1) is 28.8. The Bertz CT molecular complexity index is 1870. The van der Waals surface area contributed by atoms with E-state index in [2.05, 4.69) is 48.6 Å². The highest BCUT2D eigenvalue weighted by Crippen LogP contribution is 2.36. The van der Waals surface area contributed by atoms with Crippen LogP contribution in [0.15, 0.2) is 109 Å². The van der Waals surface area contributed by atoms with Crippen molar-refractivity contribution < 1.29 is 0 Å². The highest BCUT2D eigenvalue weighted by molar-refractivity contribution is 5.84. The van der Waals surface area contributed by atoms with E-state index >= 15 is 0 Å². The van der Waals surface area contributed by atoms with E-state index in [0.29, 0.717) is 23.3 Å². The van der Waals surface area contributed by atoms with E-state index in [9.17, 15) is 0 Å². The Kier molecular flexibility index (Phi) is 8.46. The fraction of sp³-hybridized carbons (Fsp3) is 0.154. The van der Waals surface area contributed by atoms with Gasteiger partial charge >= 0.3 is 0 Å². The van der Waals surface area contributed by atoms with E-state index in [1.807, 2.05) is 94.4 Å². The SMILES string of the molecule is CC.Cc1cc(C)nc(-c2cc(-c3nc(-c4ccccc4)nc(-c4ccccc4)n3)cc(-c3cccc4c3C=CCC4)c2)n1. The zero-order valence-electron chi connectivity index (χ0n) is 25.6. The predicted octanol–water partition coefficient (Wildman–Crippen LogP) is 9.60.